The summed E-state index contributed by atoms with van der Waals surface area (Å²) in [6, 6.07) is 3.65. The summed E-state index contributed by atoms with van der Waals surface area (Å²) in [5, 5.41) is 0. The smallest absolute Gasteiger partial charge is 0.126 e. The summed E-state index contributed by atoms with van der Waals surface area (Å²) in [5.41, 5.74) is 8.91. The summed E-state index contributed by atoms with van der Waals surface area (Å²) >= 11 is 0. The maximum atomic E-state index is 13.7. The van der Waals surface area contributed by atoms with Crippen LogP contribution in [0.2, 0.25) is 0 Å². The van der Waals surface area contributed by atoms with Gasteiger partial charge in [-0.25, -0.2) is 4.39 Å². The highest BCUT2D eigenvalue weighted by Gasteiger charge is 2.37. The Morgan fingerprint density at radius 1 is 1.33 bits per heavy atom. The number of aryl methyl sites for hydroxylation is 2. The summed E-state index contributed by atoms with van der Waals surface area (Å²) in [7, 11) is 0. The lowest BCUT2D eigenvalue weighted by molar-refractivity contribution is 0.568. The van der Waals surface area contributed by atoms with Crippen LogP contribution in [0.15, 0.2) is 12.1 Å². The summed E-state index contributed by atoms with van der Waals surface area (Å²) < 4.78 is 13.7. The minimum atomic E-state index is -0.0725. The fourth-order valence-corrected chi connectivity index (χ4v) is 2.05. The second kappa shape index (κ2) is 3.60. The summed E-state index contributed by atoms with van der Waals surface area (Å²) in [6.45, 7) is 3.90. The molecule has 0 spiro atoms. The van der Waals surface area contributed by atoms with Gasteiger partial charge in [-0.2, -0.15) is 0 Å². The molecule has 1 aromatic rings. The van der Waals surface area contributed by atoms with Gasteiger partial charge in [-0.1, -0.05) is 6.07 Å². The van der Waals surface area contributed by atoms with Crippen LogP contribution in [0.4, 0.5) is 4.39 Å². The van der Waals surface area contributed by atoms with Crippen molar-refractivity contribution in [3.8, 4) is 0 Å². The van der Waals surface area contributed by atoms with Crippen LogP contribution in [0.1, 0.15) is 36.0 Å². The predicted octanol–water partition coefficient (Wildman–Crippen LogP) is 2.87. The lowest BCUT2D eigenvalue weighted by Gasteiger charge is -2.12. The highest BCUT2D eigenvalue weighted by atomic mass is 19.1. The molecule has 1 aliphatic carbocycles. The first-order chi connectivity index (χ1) is 7.00. The van der Waals surface area contributed by atoms with Crippen molar-refractivity contribution in [1.29, 1.82) is 0 Å². The Morgan fingerprint density at radius 2 is 2.00 bits per heavy atom. The van der Waals surface area contributed by atoms with Gasteiger partial charge in [0.05, 0.1) is 0 Å². The van der Waals surface area contributed by atoms with Crippen molar-refractivity contribution in [1.82, 2.24) is 0 Å². The Kier molecular flexibility index (Phi) is 2.55. The second-order valence-corrected chi connectivity index (χ2v) is 4.90. The molecule has 0 saturated heterocycles. The zero-order chi connectivity index (χ0) is 11.1. The SMILES string of the molecule is Cc1cc(C)c(CCC2(N)CC2)c(F)c1. The molecule has 15 heavy (non-hydrogen) atoms. The average Bonchev–Trinajstić information content (AvgIpc) is 2.82. The first kappa shape index (κ1) is 10.6. The quantitative estimate of drug-likeness (QED) is 0.810. The zero-order valence-electron chi connectivity index (χ0n) is 9.44. The molecule has 1 nitrogen and oxygen atoms in total. The van der Waals surface area contributed by atoms with Gasteiger partial charge in [0.2, 0.25) is 0 Å². The first-order valence-electron chi connectivity index (χ1n) is 5.55. The van der Waals surface area contributed by atoms with Gasteiger partial charge in [-0.3, -0.25) is 0 Å². The first-order valence-corrected chi connectivity index (χ1v) is 5.55. The van der Waals surface area contributed by atoms with E-state index < -0.39 is 0 Å². The van der Waals surface area contributed by atoms with Crippen LogP contribution in [0.25, 0.3) is 0 Å². The van der Waals surface area contributed by atoms with Crippen molar-refractivity contribution in [2.24, 2.45) is 5.73 Å². The normalized spacial score (nSPS) is 17.9. The maximum absolute atomic E-state index is 13.7. The molecule has 0 heterocycles. The van der Waals surface area contributed by atoms with E-state index in [1.54, 1.807) is 6.07 Å². The second-order valence-electron chi connectivity index (χ2n) is 4.90. The van der Waals surface area contributed by atoms with E-state index in [2.05, 4.69) is 0 Å². The zero-order valence-corrected chi connectivity index (χ0v) is 9.44. The van der Waals surface area contributed by atoms with E-state index in [4.69, 9.17) is 5.73 Å². The molecular formula is C13H18FN. The number of hydrogen-bond acceptors (Lipinski definition) is 1. The molecule has 0 aromatic heterocycles. The van der Waals surface area contributed by atoms with E-state index >= 15 is 0 Å². The van der Waals surface area contributed by atoms with Crippen molar-refractivity contribution in [3.05, 3.63) is 34.6 Å². The van der Waals surface area contributed by atoms with E-state index in [0.29, 0.717) is 0 Å². The molecule has 2 rings (SSSR count). The maximum Gasteiger partial charge on any atom is 0.126 e. The van der Waals surface area contributed by atoms with Crippen LogP contribution < -0.4 is 5.73 Å². The van der Waals surface area contributed by atoms with Crippen LogP contribution in [0.5, 0.6) is 0 Å². The molecular weight excluding hydrogens is 189 g/mol. The average molecular weight is 207 g/mol. The van der Waals surface area contributed by atoms with Crippen molar-refractivity contribution in [3.63, 3.8) is 0 Å². The Morgan fingerprint density at radius 3 is 2.53 bits per heavy atom. The van der Waals surface area contributed by atoms with Gasteiger partial charge in [-0.15, -0.1) is 0 Å². The molecule has 0 bridgehead atoms. The Hall–Kier alpha value is -0.890. The van der Waals surface area contributed by atoms with Crippen LogP contribution in [-0.2, 0) is 6.42 Å². The van der Waals surface area contributed by atoms with E-state index in [9.17, 15) is 4.39 Å². The molecule has 1 fully saturated rings. The molecule has 0 atom stereocenters. The topological polar surface area (TPSA) is 26.0 Å². The minimum absolute atomic E-state index is 0.0176. The lowest BCUT2D eigenvalue weighted by Crippen LogP contribution is -2.22. The molecule has 0 aliphatic heterocycles. The third kappa shape index (κ3) is 2.37. The number of benzene rings is 1. The van der Waals surface area contributed by atoms with Gasteiger partial charge in [0.1, 0.15) is 5.82 Å². The summed E-state index contributed by atoms with van der Waals surface area (Å²) in [5.74, 6) is -0.0725. The standard InChI is InChI=1S/C13H18FN/c1-9-7-10(2)11(12(14)8-9)3-4-13(15)5-6-13/h7-8H,3-6,15H2,1-2H3. The molecule has 1 aromatic carbocycles. The van der Waals surface area contributed by atoms with Crippen molar-refractivity contribution in [2.75, 3.05) is 0 Å². The Bertz CT molecular complexity index is 357. The third-order valence-electron chi connectivity index (χ3n) is 3.33. The molecule has 0 unspecified atom stereocenters. The largest absolute Gasteiger partial charge is 0.325 e. The van der Waals surface area contributed by atoms with Gasteiger partial charge in [0, 0.05) is 5.54 Å². The van der Waals surface area contributed by atoms with Gasteiger partial charge >= 0.3 is 0 Å². The molecule has 0 radical (unpaired) electrons. The van der Waals surface area contributed by atoms with Crippen LogP contribution in [-0.4, -0.2) is 5.54 Å². The van der Waals surface area contributed by atoms with Crippen LogP contribution >= 0.6 is 0 Å². The van der Waals surface area contributed by atoms with Crippen molar-refractivity contribution < 1.29 is 4.39 Å². The van der Waals surface area contributed by atoms with Crippen LogP contribution in [0, 0.1) is 19.7 Å². The molecule has 0 amide bonds. The highest BCUT2D eigenvalue weighted by Crippen LogP contribution is 2.37. The van der Waals surface area contributed by atoms with Gasteiger partial charge in [-0.05, 0) is 62.3 Å². The summed E-state index contributed by atoms with van der Waals surface area (Å²) in [6.07, 6.45) is 3.88. The number of halogens is 1. The van der Waals surface area contributed by atoms with E-state index in [1.807, 2.05) is 19.9 Å². The molecule has 2 N–H and O–H groups in total. The Balaban J connectivity index is 2.13. The number of nitrogens with two attached hydrogens (primary N) is 1. The predicted molar refractivity (Wildman–Crippen MR) is 60.3 cm³/mol. The highest BCUT2D eigenvalue weighted by molar-refractivity contribution is 5.32. The van der Waals surface area contributed by atoms with E-state index in [0.717, 1.165) is 42.4 Å². The van der Waals surface area contributed by atoms with Gasteiger partial charge in [0.15, 0.2) is 0 Å². The third-order valence-corrected chi connectivity index (χ3v) is 3.33. The van der Waals surface area contributed by atoms with Gasteiger partial charge in [0.25, 0.3) is 0 Å². The number of hydrogen-bond donors (Lipinski definition) is 1. The molecule has 1 aliphatic rings. The minimum Gasteiger partial charge on any atom is -0.325 e. The fourth-order valence-electron chi connectivity index (χ4n) is 2.05. The molecule has 1 saturated carbocycles. The summed E-state index contributed by atoms with van der Waals surface area (Å²) in [4.78, 5) is 0. The molecule has 82 valence electrons. The fraction of sp³-hybridized carbons (Fsp3) is 0.538. The van der Waals surface area contributed by atoms with E-state index in [-0.39, 0.29) is 11.4 Å². The van der Waals surface area contributed by atoms with Crippen molar-refractivity contribution >= 4 is 0 Å². The van der Waals surface area contributed by atoms with E-state index in [1.165, 1.54) is 0 Å². The lowest BCUT2D eigenvalue weighted by atomic mass is 9.98. The van der Waals surface area contributed by atoms with Crippen LogP contribution in [0.3, 0.4) is 0 Å². The molecule has 2 heteroatoms. The monoisotopic (exact) mass is 207 g/mol. The van der Waals surface area contributed by atoms with Crippen molar-refractivity contribution in [2.45, 2.75) is 45.1 Å². The Labute approximate surface area is 90.5 Å². The van der Waals surface area contributed by atoms with Gasteiger partial charge < -0.3 is 5.73 Å². The number of rotatable bonds is 3.